The number of rotatable bonds is 0. The normalized spacial score (nSPS) is 45.1. The van der Waals surface area contributed by atoms with Crippen molar-refractivity contribution in [2.45, 2.75) is 18.9 Å². The van der Waals surface area contributed by atoms with E-state index in [1.807, 2.05) is 0 Å². The smallest absolute Gasteiger partial charge is 0.0614 e. The summed E-state index contributed by atoms with van der Waals surface area (Å²) in [5, 5.41) is 9.41. The van der Waals surface area contributed by atoms with E-state index in [0.29, 0.717) is 11.8 Å². The lowest BCUT2D eigenvalue weighted by Gasteiger charge is -2.19. The summed E-state index contributed by atoms with van der Waals surface area (Å²) >= 11 is 0. The highest BCUT2D eigenvalue weighted by Crippen LogP contribution is 2.50. The van der Waals surface area contributed by atoms with Crippen molar-refractivity contribution in [1.29, 1.82) is 0 Å². The van der Waals surface area contributed by atoms with Crippen molar-refractivity contribution in [3.05, 3.63) is 24.3 Å². The van der Waals surface area contributed by atoms with Gasteiger partial charge in [-0.25, -0.2) is 0 Å². The summed E-state index contributed by atoms with van der Waals surface area (Å²) in [7, 11) is 0. The third-order valence-corrected chi connectivity index (χ3v) is 2.88. The molecule has 0 aliphatic heterocycles. The molecule has 0 unspecified atom stereocenters. The summed E-state index contributed by atoms with van der Waals surface area (Å²) in [6.07, 6.45) is 1.89. The zero-order valence-electron chi connectivity index (χ0n) is 6.01. The van der Waals surface area contributed by atoms with Crippen LogP contribution in [0.4, 0.5) is 0 Å². The van der Waals surface area contributed by atoms with E-state index in [9.17, 15) is 5.11 Å². The Balaban J connectivity index is 2.32. The molecular weight excluding hydrogens is 124 g/mol. The average Bonchev–Trinajstić information content (AvgIpc) is 2.36. The molecule has 0 heterocycles. The number of hydrogen-bond donors (Lipinski definition) is 1. The van der Waals surface area contributed by atoms with E-state index in [2.05, 4.69) is 13.2 Å². The van der Waals surface area contributed by atoms with Crippen molar-refractivity contribution in [3.63, 3.8) is 0 Å². The Labute approximate surface area is 61.1 Å². The van der Waals surface area contributed by atoms with Crippen LogP contribution in [-0.2, 0) is 0 Å². The fourth-order valence-electron chi connectivity index (χ4n) is 2.17. The molecule has 2 saturated carbocycles. The standard InChI is InChI=1S/C9H12O/c1-5-6(2)8-3-7(5)4-9(8)10/h7-10H,1-4H2/t7-,8-,9-/m0/s1. The van der Waals surface area contributed by atoms with Crippen molar-refractivity contribution in [3.8, 4) is 0 Å². The molecule has 1 N–H and O–H groups in total. The Bertz CT molecular complexity index is 205. The van der Waals surface area contributed by atoms with Crippen molar-refractivity contribution < 1.29 is 5.11 Å². The Hall–Kier alpha value is -0.560. The quantitative estimate of drug-likeness (QED) is 0.535. The molecule has 2 rings (SSSR count). The minimum Gasteiger partial charge on any atom is -0.392 e. The van der Waals surface area contributed by atoms with Gasteiger partial charge < -0.3 is 5.11 Å². The number of aliphatic hydroxyl groups excluding tert-OH is 1. The second-order valence-corrected chi connectivity index (χ2v) is 3.39. The molecule has 2 aliphatic carbocycles. The molecule has 1 nitrogen and oxygen atoms in total. The van der Waals surface area contributed by atoms with Gasteiger partial charge in [0.25, 0.3) is 0 Å². The average molecular weight is 136 g/mol. The monoisotopic (exact) mass is 136 g/mol. The van der Waals surface area contributed by atoms with Crippen molar-refractivity contribution >= 4 is 0 Å². The molecule has 10 heavy (non-hydrogen) atoms. The predicted molar refractivity (Wildman–Crippen MR) is 40.5 cm³/mol. The van der Waals surface area contributed by atoms with Gasteiger partial charge in [-0.2, -0.15) is 0 Å². The molecule has 0 amide bonds. The summed E-state index contributed by atoms with van der Waals surface area (Å²) < 4.78 is 0. The maximum Gasteiger partial charge on any atom is 0.0614 e. The molecule has 0 aromatic rings. The fraction of sp³-hybridized carbons (Fsp3) is 0.556. The van der Waals surface area contributed by atoms with E-state index in [4.69, 9.17) is 0 Å². The van der Waals surface area contributed by atoms with Crippen LogP contribution in [0.15, 0.2) is 24.3 Å². The van der Waals surface area contributed by atoms with Crippen LogP contribution in [0.25, 0.3) is 0 Å². The van der Waals surface area contributed by atoms with Gasteiger partial charge in [0.2, 0.25) is 0 Å². The molecule has 2 bridgehead atoms. The second kappa shape index (κ2) is 1.73. The number of hydrogen-bond acceptors (Lipinski definition) is 1. The first-order valence-corrected chi connectivity index (χ1v) is 3.76. The van der Waals surface area contributed by atoms with E-state index in [0.717, 1.165) is 18.4 Å². The molecule has 54 valence electrons. The summed E-state index contributed by atoms with van der Waals surface area (Å²) in [5.74, 6) is 0.894. The Morgan fingerprint density at radius 2 is 1.90 bits per heavy atom. The Morgan fingerprint density at radius 1 is 1.20 bits per heavy atom. The number of aliphatic hydroxyl groups is 1. The highest BCUT2D eigenvalue weighted by atomic mass is 16.3. The van der Waals surface area contributed by atoms with Crippen LogP contribution >= 0.6 is 0 Å². The zero-order valence-corrected chi connectivity index (χ0v) is 6.01. The van der Waals surface area contributed by atoms with Gasteiger partial charge in [-0.15, -0.1) is 0 Å². The summed E-state index contributed by atoms with van der Waals surface area (Å²) in [4.78, 5) is 0. The maximum atomic E-state index is 9.41. The summed E-state index contributed by atoms with van der Waals surface area (Å²) in [6, 6.07) is 0. The van der Waals surface area contributed by atoms with E-state index in [1.165, 1.54) is 5.57 Å². The van der Waals surface area contributed by atoms with Crippen molar-refractivity contribution in [1.82, 2.24) is 0 Å². The lowest BCUT2D eigenvalue weighted by molar-refractivity contribution is 0.142. The first kappa shape index (κ1) is 6.17. The number of fused-ring (bicyclic) bond motifs is 2. The molecule has 0 radical (unpaired) electrons. The van der Waals surface area contributed by atoms with Crippen molar-refractivity contribution in [2.24, 2.45) is 11.8 Å². The summed E-state index contributed by atoms with van der Waals surface area (Å²) in [6.45, 7) is 7.85. The fourth-order valence-corrected chi connectivity index (χ4v) is 2.17. The van der Waals surface area contributed by atoms with Crippen LogP contribution in [-0.4, -0.2) is 11.2 Å². The van der Waals surface area contributed by atoms with Gasteiger partial charge in [-0.05, 0) is 29.9 Å². The minimum absolute atomic E-state index is 0.122. The van der Waals surface area contributed by atoms with Gasteiger partial charge in [0.15, 0.2) is 0 Å². The Morgan fingerprint density at radius 3 is 2.30 bits per heavy atom. The topological polar surface area (TPSA) is 20.2 Å². The maximum absolute atomic E-state index is 9.41. The lowest BCUT2D eigenvalue weighted by atomic mass is 9.90. The molecular formula is C9H12O. The first-order valence-electron chi connectivity index (χ1n) is 3.76. The third kappa shape index (κ3) is 0.562. The molecule has 0 aromatic heterocycles. The Kier molecular flexibility index (Phi) is 1.07. The van der Waals surface area contributed by atoms with Gasteiger partial charge in [0, 0.05) is 5.92 Å². The molecule has 2 fully saturated rings. The molecule has 2 aliphatic rings. The van der Waals surface area contributed by atoms with Gasteiger partial charge in [-0.3, -0.25) is 0 Å². The van der Waals surface area contributed by atoms with E-state index in [1.54, 1.807) is 0 Å². The van der Waals surface area contributed by atoms with Crippen molar-refractivity contribution in [2.75, 3.05) is 0 Å². The van der Waals surface area contributed by atoms with Gasteiger partial charge >= 0.3 is 0 Å². The number of allylic oxidation sites excluding steroid dienone is 1. The van der Waals surface area contributed by atoms with Crippen LogP contribution in [0.1, 0.15) is 12.8 Å². The minimum atomic E-state index is -0.122. The van der Waals surface area contributed by atoms with Crippen LogP contribution < -0.4 is 0 Å². The third-order valence-electron chi connectivity index (χ3n) is 2.88. The molecule has 3 atom stereocenters. The summed E-state index contributed by atoms with van der Waals surface area (Å²) in [5.41, 5.74) is 2.29. The highest BCUT2D eigenvalue weighted by Gasteiger charge is 2.43. The van der Waals surface area contributed by atoms with Gasteiger partial charge in [0.1, 0.15) is 0 Å². The first-order chi connectivity index (χ1) is 4.70. The van der Waals surface area contributed by atoms with Crippen LogP contribution in [0.2, 0.25) is 0 Å². The second-order valence-electron chi connectivity index (χ2n) is 3.39. The largest absolute Gasteiger partial charge is 0.392 e. The van der Waals surface area contributed by atoms with Gasteiger partial charge in [-0.1, -0.05) is 13.2 Å². The molecule has 0 spiro atoms. The lowest BCUT2D eigenvalue weighted by Crippen LogP contribution is -2.18. The van der Waals surface area contributed by atoms with Crippen LogP contribution in [0, 0.1) is 11.8 Å². The van der Waals surface area contributed by atoms with Crippen LogP contribution in [0.3, 0.4) is 0 Å². The molecule has 0 saturated heterocycles. The highest BCUT2D eigenvalue weighted by molar-refractivity contribution is 5.39. The van der Waals surface area contributed by atoms with E-state index < -0.39 is 0 Å². The molecule has 0 aromatic carbocycles. The molecule has 1 heteroatoms. The predicted octanol–water partition coefficient (Wildman–Crippen LogP) is 1.50. The van der Waals surface area contributed by atoms with E-state index in [-0.39, 0.29) is 6.10 Å². The SMILES string of the molecule is C=C1C(=C)[C@@H]2C[C@H]1C[C@@H]2O. The van der Waals surface area contributed by atoms with Crippen LogP contribution in [0.5, 0.6) is 0 Å². The van der Waals surface area contributed by atoms with Gasteiger partial charge in [0.05, 0.1) is 6.10 Å². The zero-order chi connectivity index (χ0) is 7.30. The van der Waals surface area contributed by atoms with E-state index >= 15 is 0 Å².